The van der Waals surface area contributed by atoms with E-state index in [-0.39, 0.29) is 10.8 Å². The van der Waals surface area contributed by atoms with Gasteiger partial charge in [-0.2, -0.15) is 5.10 Å². The maximum Gasteiger partial charge on any atom is 0.258 e. The molecule has 184 valence electrons. The number of benzene rings is 1. The number of nitrogens with one attached hydrogen (secondary N) is 1. The highest BCUT2D eigenvalue weighted by Crippen LogP contribution is 2.24. The molecule has 35 heavy (non-hydrogen) atoms. The third-order valence-corrected chi connectivity index (χ3v) is 7.30. The maximum absolute atomic E-state index is 12.8. The van der Waals surface area contributed by atoms with Crippen molar-refractivity contribution in [3.63, 3.8) is 0 Å². The van der Waals surface area contributed by atoms with Gasteiger partial charge in [-0.1, -0.05) is 15.9 Å². The summed E-state index contributed by atoms with van der Waals surface area (Å²) in [6, 6.07) is 6.52. The number of anilines is 2. The van der Waals surface area contributed by atoms with Crippen molar-refractivity contribution in [3.8, 4) is 5.82 Å². The molecule has 10 nitrogen and oxygen atoms in total. The fourth-order valence-corrected chi connectivity index (χ4v) is 5.18. The van der Waals surface area contributed by atoms with Gasteiger partial charge in [-0.3, -0.25) is 9.59 Å². The van der Waals surface area contributed by atoms with E-state index in [0.29, 0.717) is 34.6 Å². The van der Waals surface area contributed by atoms with E-state index < -0.39 is 15.7 Å². The lowest BCUT2D eigenvalue weighted by Gasteiger charge is -2.35. The Hall–Kier alpha value is -3.25. The van der Waals surface area contributed by atoms with Crippen molar-refractivity contribution in [2.75, 3.05) is 42.7 Å². The fourth-order valence-electron chi connectivity index (χ4n) is 3.85. The summed E-state index contributed by atoms with van der Waals surface area (Å²) in [6.45, 7) is 6.34. The molecule has 1 aliphatic heterocycles. The lowest BCUT2D eigenvalue weighted by Crippen LogP contribution is -2.48. The number of hydrogen-bond acceptors (Lipinski definition) is 7. The number of rotatable bonds is 5. The highest BCUT2D eigenvalue weighted by atomic mass is 79.9. The molecule has 0 bridgehead atoms. The van der Waals surface area contributed by atoms with E-state index >= 15 is 0 Å². The molecule has 2 amide bonds. The summed E-state index contributed by atoms with van der Waals surface area (Å²) >= 11 is 3.28. The monoisotopic (exact) mass is 560 g/mol. The maximum atomic E-state index is 12.8. The first-order valence-corrected chi connectivity index (χ1v) is 13.5. The van der Waals surface area contributed by atoms with E-state index in [4.69, 9.17) is 0 Å². The van der Waals surface area contributed by atoms with Gasteiger partial charge in [0.05, 0.1) is 28.5 Å². The number of aromatic nitrogens is 3. The average Bonchev–Trinajstić information content (AvgIpc) is 3.28. The Kier molecular flexibility index (Phi) is 6.95. The number of carbonyl (C=O) groups is 2. The van der Waals surface area contributed by atoms with Gasteiger partial charge in [-0.15, -0.1) is 0 Å². The Morgan fingerprint density at radius 3 is 2.40 bits per heavy atom. The van der Waals surface area contributed by atoms with Gasteiger partial charge in [0, 0.05) is 55.7 Å². The SMILES string of the molecule is CC(=O)N1CCN(c2cnc(-n3cc(C(=O)Nc4cc(Br)cc(S(C)(=O)=O)c4)cn3)c(C)c2)CC1. The van der Waals surface area contributed by atoms with Crippen LogP contribution in [0.3, 0.4) is 0 Å². The van der Waals surface area contributed by atoms with Crippen LogP contribution in [0.15, 0.2) is 52.2 Å². The number of amides is 2. The quantitative estimate of drug-likeness (QED) is 0.509. The molecular formula is C23H25BrN6O4S. The van der Waals surface area contributed by atoms with Crippen LogP contribution in [0.5, 0.6) is 0 Å². The molecule has 0 saturated carbocycles. The normalized spacial score (nSPS) is 14.2. The predicted molar refractivity (Wildman–Crippen MR) is 136 cm³/mol. The standard InChI is InChI=1S/C23H25BrN6O4S/c1-15-8-20(29-6-4-28(5-7-29)16(2)31)13-25-22(15)30-14-17(12-26-30)23(32)27-19-9-18(24)10-21(11-19)35(3,33)34/h8-14H,4-7H2,1-3H3,(H,27,32). The molecule has 1 aliphatic rings. The second-order valence-corrected chi connectivity index (χ2v) is 11.3. The third kappa shape index (κ3) is 5.70. The summed E-state index contributed by atoms with van der Waals surface area (Å²) in [5.41, 5.74) is 2.50. The lowest BCUT2D eigenvalue weighted by atomic mass is 10.2. The first-order chi connectivity index (χ1) is 16.5. The zero-order chi connectivity index (χ0) is 25.3. The molecular weight excluding hydrogens is 536 g/mol. The van der Waals surface area contributed by atoms with Gasteiger partial charge in [0.2, 0.25) is 5.91 Å². The van der Waals surface area contributed by atoms with Crippen LogP contribution in [0.25, 0.3) is 5.82 Å². The van der Waals surface area contributed by atoms with Gasteiger partial charge < -0.3 is 15.1 Å². The van der Waals surface area contributed by atoms with E-state index in [1.165, 1.54) is 23.0 Å². The molecule has 1 aromatic carbocycles. The van der Waals surface area contributed by atoms with E-state index in [9.17, 15) is 18.0 Å². The van der Waals surface area contributed by atoms with Crippen LogP contribution in [-0.4, -0.2) is 72.3 Å². The number of carbonyl (C=O) groups excluding carboxylic acids is 2. The van der Waals surface area contributed by atoms with Crippen LogP contribution in [0.1, 0.15) is 22.8 Å². The highest BCUT2D eigenvalue weighted by molar-refractivity contribution is 9.10. The molecule has 1 saturated heterocycles. The predicted octanol–water partition coefficient (Wildman–Crippen LogP) is 2.66. The summed E-state index contributed by atoms with van der Waals surface area (Å²) in [6.07, 6.45) is 5.88. The van der Waals surface area contributed by atoms with Crippen molar-refractivity contribution in [2.24, 2.45) is 0 Å². The van der Waals surface area contributed by atoms with Crippen molar-refractivity contribution in [1.82, 2.24) is 19.7 Å². The highest BCUT2D eigenvalue weighted by Gasteiger charge is 2.20. The van der Waals surface area contributed by atoms with Crippen LogP contribution in [0.4, 0.5) is 11.4 Å². The molecule has 0 aliphatic carbocycles. The molecule has 3 heterocycles. The number of piperazine rings is 1. The number of hydrogen-bond donors (Lipinski definition) is 1. The van der Waals surface area contributed by atoms with Gasteiger partial charge in [0.15, 0.2) is 15.7 Å². The van der Waals surface area contributed by atoms with Gasteiger partial charge in [-0.05, 0) is 36.8 Å². The molecule has 4 rings (SSSR count). The molecule has 0 unspecified atom stereocenters. The zero-order valence-electron chi connectivity index (χ0n) is 19.5. The molecule has 0 radical (unpaired) electrons. The minimum atomic E-state index is -3.43. The smallest absolute Gasteiger partial charge is 0.258 e. The number of aryl methyl sites for hydroxylation is 1. The third-order valence-electron chi connectivity index (χ3n) is 5.75. The van der Waals surface area contributed by atoms with Crippen LogP contribution >= 0.6 is 15.9 Å². The van der Waals surface area contributed by atoms with Gasteiger partial charge >= 0.3 is 0 Å². The summed E-state index contributed by atoms with van der Waals surface area (Å²) in [5.74, 6) is 0.256. The van der Waals surface area contributed by atoms with Crippen molar-refractivity contribution >= 4 is 49.0 Å². The largest absolute Gasteiger partial charge is 0.367 e. The number of halogens is 1. The van der Waals surface area contributed by atoms with E-state index in [1.807, 2.05) is 17.9 Å². The minimum Gasteiger partial charge on any atom is -0.367 e. The Balaban J connectivity index is 1.48. The Bertz CT molecular complexity index is 1400. The van der Waals surface area contributed by atoms with E-state index in [1.54, 1.807) is 25.4 Å². The molecule has 1 fully saturated rings. The van der Waals surface area contributed by atoms with E-state index in [2.05, 4.69) is 36.2 Å². The van der Waals surface area contributed by atoms with Gasteiger partial charge in [0.25, 0.3) is 5.91 Å². The Morgan fingerprint density at radius 1 is 1.06 bits per heavy atom. The van der Waals surface area contributed by atoms with Crippen LogP contribution in [-0.2, 0) is 14.6 Å². The van der Waals surface area contributed by atoms with Crippen molar-refractivity contribution in [3.05, 3.63) is 58.5 Å². The second-order valence-electron chi connectivity index (χ2n) is 8.40. The van der Waals surface area contributed by atoms with E-state index in [0.717, 1.165) is 30.6 Å². The summed E-state index contributed by atoms with van der Waals surface area (Å²) < 4.78 is 25.8. The Morgan fingerprint density at radius 2 is 1.77 bits per heavy atom. The van der Waals surface area contributed by atoms with Crippen LogP contribution in [0.2, 0.25) is 0 Å². The van der Waals surface area contributed by atoms with Crippen molar-refractivity contribution in [1.29, 1.82) is 0 Å². The summed E-state index contributed by atoms with van der Waals surface area (Å²) in [7, 11) is -3.43. The summed E-state index contributed by atoms with van der Waals surface area (Å²) in [5, 5.41) is 7.00. The minimum absolute atomic E-state index is 0.0866. The second kappa shape index (κ2) is 9.78. The van der Waals surface area contributed by atoms with Crippen LogP contribution in [0, 0.1) is 6.92 Å². The van der Waals surface area contributed by atoms with Crippen molar-refractivity contribution < 1.29 is 18.0 Å². The molecule has 12 heteroatoms. The average molecular weight is 561 g/mol. The topological polar surface area (TPSA) is 117 Å². The van der Waals surface area contributed by atoms with Gasteiger partial charge in [-0.25, -0.2) is 18.1 Å². The van der Waals surface area contributed by atoms with Crippen molar-refractivity contribution in [2.45, 2.75) is 18.7 Å². The molecule has 0 atom stereocenters. The van der Waals surface area contributed by atoms with Gasteiger partial charge in [0.1, 0.15) is 0 Å². The molecule has 1 N–H and O–H groups in total. The molecule has 2 aromatic heterocycles. The number of nitrogens with zero attached hydrogens (tertiary/aromatic N) is 5. The molecule has 0 spiro atoms. The molecule has 3 aromatic rings. The zero-order valence-corrected chi connectivity index (χ0v) is 21.9. The lowest BCUT2D eigenvalue weighted by molar-refractivity contribution is -0.129. The first-order valence-electron chi connectivity index (χ1n) is 10.9. The first kappa shape index (κ1) is 24.9. The van der Waals surface area contributed by atoms with Crippen LogP contribution < -0.4 is 10.2 Å². The Labute approximate surface area is 212 Å². The summed E-state index contributed by atoms with van der Waals surface area (Å²) in [4.78, 5) is 33.0. The number of pyridine rings is 1. The fraction of sp³-hybridized carbons (Fsp3) is 0.304. The number of sulfone groups is 1.